The number of aromatic amines is 2. The molecule has 0 atom stereocenters. The molecule has 23 heavy (non-hydrogen) atoms. The number of carbonyl (C=O) groups excluding carboxylic acids is 1. The third kappa shape index (κ3) is 4.00. The van der Waals surface area contributed by atoms with E-state index in [1.807, 2.05) is 12.1 Å². The molecule has 0 unspecified atom stereocenters. The molecule has 7 heteroatoms. The second-order valence-electron chi connectivity index (χ2n) is 5.77. The highest BCUT2D eigenvalue weighted by Gasteiger charge is 2.11. The van der Waals surface area contributed by atoms with E-state index in [1.54, 1.807) is 6.20 Å². The molecule has 1 fully saturated rings. The SMILES string of the molecule is O=C(NCc1ccc(N2CCCCCC2)nc1)c1c[nH]c(=O)[nH]1. The quantitative estimate of drug-likeness (QED) is 0.795. The number of amides is 1. The Morgan fingerprint density at radius 1 is 1.22 bits per heavy atom. The highest BCUT2D eigenvalue weighted by molar-refractivity contribution is 5.91. The monoisotopic (exact) mass is 315 g/mol. The van der Waals surface area contributed by atoms with Crippen LogP contribution in [0, 0.1) is 0 Å². The predicted molar refractivity (Wildman–Crippen MR) is 87.5 cm³/mol. The third-order valence-corrected chi connectivity index (χ3v) is 4.03. The van der Waals surface area contributed by atoms with Crippen LogP contribution in [-0.2, 0) is 6.54 Å². The van der Waals surface area contributed by atoms with E-state index in [0.29, 0.717) is 6.54 Å². The number of rotatable bonds is 4. The first-order chi connectivity index (χ1) is 11.2. The maximum absolute atomic E-state index is 11.9. The van der Waals surface area contributed by atoms with Crippen molar-refractivity contribution in [2.24, 2.45) is 0 Å². The van der Waals surface area contributed by atoms with Crippen LogP contribution in [0.3, 0.4) is 0 Å². The highest BCUT2D eigenvalue weighted by Crippen LogP contribution is 2.17. The van der Waals surface area contributed by atoms with Crippen LogP contribution in [0.5, 0.6) is 0 Å². The first-order valence-corrected chi connectivity index (χ1v) is 7.98. The fourth-order valence-electron chi connectivity index (χ4n) is 2.74. The lowest BCUT2D eigenvalue weighted by molar-refractivity contribution is 0.0946. The zero-order valence-corrected chi connectivity index (χ0v) is 13.0. The zero-order chi connectivity index (χ0) is 16.1. The van der Waals surface area contributed by atoms with Crippen LogP contribution >= 0.6 is 0 Å². The number of hydrogen-bond donors (Lipinski definition) is 3. The number of nitrogens with zero attached hydrogens (tertiary/aromatic N) is 2. The van der Waals surface area contributed by atoms with Crippen molar-refractivity contribution < 1.29 is 4.79 Å². The summed E-state index contributed by atoms with van der Waals surface area (Å²) in [6.07, 6.45) is 8.17. The van der Waals surface area contributed by atoms with Crippen LogP contribution in [0.25, 0.3) is 0 Å². The smallest absolute Gasteiger partial charge is 0.323 e. The van der Waals surface area contributed by atoms with Gasteiger partial charge in [0.25, 0.3) is 5.91 Å². The van der Waals surface area contributed by atoms with Gasteiger partial charge in [0.2, 0.25) is 0 Å². The summed E-state index contributed by atoms with van der Waals surface area (Å²) in [5.41, 5.74) is 0.762. The summed E-state index contributed by atoms with van der Waals surface area (Å²) in [7, 11) is 0. The minimum absolute atomic E-state index is 0.226. The van der Waals surface area contributed by atoms with Gasteiger partial charge in [-0.15, -0.1) is 0 Å². The first-order valence-electron chi connectivity index (χ1n) is 7.98. The van der Waals surface area contributed by atoms with Crippen molar-refractivity contribution in [2.75, 3.05) is 18.0 Å². The molecule has 122 valence electrons. The number of H-pyrrole nitrogens is 2. The summed E-state index contributed by atoms with van der Waals surface area (Å²) < 4.78 is 0. The van der Waals surface area contributed by atoms with Gasteiger partial charge < -0.3 is 20.2 Å². The average Bonchev–Trinajstić information content (AvgIpc) is 2.84. The summed E-state index contributed by atoms with van der Waals surface area (Å²) >= 11 is 0. The number of nitrogens with one attached hydrogen (secondary N) is 3. The van der Waals surface area contributed by atoms with Crippen molar-refractivity contribution in [1.29, 1.82) is 0 Å². The van der Waals surface area contributed by atoms with Crippen LogP contribution in [-0.4, -0.2) is 33.9 Å². The molecular formula is C16H21N5O2. The molecule has 0 radical (unpaired) electrons. The van der Waals surface area contributed by atoms with E-state index in [0.717, 1.165) is 24.5 Å². The molecule has 2 aromatic rings. The molecule has 1 aliphatic heterocycles. The molecule has 0 spiro atoms. The Morgan fingerprint density at radius 3 is 2.61 bits per heavy atom. The third-order valence-electron chi connectivity index (χ3n) is 4.03. The number of imidazole rings is 1. The van der Waals surface area contributed by atoms with E-state index < -0.39 is 5.69 Å². The maximum atomic E-state index is 11.9. The van der Waals surface area contributed by atoms with Gasteiger partial charge in [0.05, 0.1) is 0 Å². The van der Waals surface area contributed by atoms with Gasteiger partial charge in [-0.3, -0.25) is 4.79 Å². The van der Waals surface area contributed by atoms with E-state index >= 15 is 0 Å². The van der Waals surface area contributed by atoms with Crippen molar-refractivity contribution in [3.63, 3.8) is 0 Å². The lowest BCUT2D eigenvalue weighted by Crippen LogP contribution is -2.25. The largest absolute Gasteiger partial charge is 0.357 e. The Labute approximate surface area is 134 Å². The number of aromatic nitrogens is 3. The molecule has 0 saturated carbocycles. The van der Waals surface area contributed by atoms with Crippen LogP contribution < -0.4 is 15.9 Å². The molecule has 0 bridgehead atoms. The number of anilines is 1. The molecule has 1 saturated heterocycles. The summed E-state index contributed by atoms with van der Waals surface area (Å²) in [6.45, 7) is 2.49. The standard InChI is InChI=1S/C16H21N5O2/c22-15(13-11-19-16(23)20-13)18-10-12-5-6-14(17-9-12)21-7-3-1-2-4-8-21/h5-6,9,11H,1-4,7-8,10H2,(H,18,22)(H2,19,20,23). The maximum Gasteiger partial charge on any atom is 0.323 e. The van der Waals surface area contributed by atoms with Gasteiger partial charge in [-0.25, -0.2) is 9.78 Å². The van der Waals surface area contributed by atoms with Gasteiger partial charge in [-0.1, -0.05) is 18.9 Å². The lowest BCUT2D eigenvalue weighted by Gasteiger charge is -2.21. The number of hydrogen-bond acceptors (Lipinski definition) is 4. The van der Waals surface area contributed by atoms with Gasteiger partial charge in [0.15, 0.2) is 0 Å². The van der Waals surface area contributed by atoms with Crippen molar-refractivity contribution in [2.45, 2.75) is 32.2 Å². The zero-order valence-electron chi connectivity index (χ0n) is 13.0. The Hall–Kier alpha value is -2.57. The normalized spacial score (nSPS) is 15.2. The Morgan fingerprint density at radius 2 is 2.00 bits per heavy atom. The molecule has 0 aromatic carbocycles. The Balaban J connectivity index is 1.56. The highest BCUT2D eigenvalue weighted by atomic mass is 16.2. The van der Waals surface area contributed by atoms with Gasteiger partial charge in [0, 0.05) is 32.0 Å². The van der Waals surface area contributed by atoms with Crippen molar-refractivity contribution in [1.82, 2.24) is 20.3 Å². The van der Waals surface area contributed by atoms with Crippen LogP contribution in [0.4, 0.5) is 5.82 Å². The van der Waals surface area contributed by atoms with Gasteiger partial charge >= 0.3 is 5.69 Å². The molecule has 2 aromatic heterocycles. The molecule has 3 N–H and O–H groups in total. The summed E-state index contributed by atoms with van der Waals surface area (Å²) in [4.78, 5) is 34.5. The molecule has 1 amide bonds. The van der Waals surface area contributed by atoms with Crippen molar-refractivity contribution in [3.8, 4) is 0 Å². The van der Waals surface area contributed by atoms with Crippen molar-refractivity contribution >= 4 is 11.7 Å². The molecule has 3 heterocycles. The molecule has 0 aliphatic carbocycles. The summed E-state index contributed by atoms with van der Waals surface area (Å²) in [5.74, 6) is 0.678. The minimum atomic E-state index is -0.390. The fourth-order valence-corrected chi connectivity index (χ4v) is 2.74. The minimum Gasteiger partial charge on any atom is -0.357 e. The van der Waals surface area contributed by atoms with E-state index in [9.17, 15) is 9.59 Å². The Kier molecular flexibility index (Phi) is 4.75. The van der Waals surface area contributed by atoms with Crippen LogP contribution in [0.15, 0.2) is 29.3 Å². The fraction of sp³-hybridized carbons (Fsp3) is 0.438. The summed E-state index contributed by atoms with van der Waals surface area (Å²) in [6, 6.07) is 3.98. The predicted octanol–water partition coefficient (Wildman–Crippen LogP) is 1.41. The average molecular weight is 315 g/mol. The van der Waals surface area contributed by atoms with Crippen LogP contribution in [0.2, 0.25) is 0 Å². The van der Waals surface area contributed by atoms with E-state index in [-0.39, 0.29) is 11.6 Å². The lowest BCUT2D eigenvalue weighted by atomic mass is 10.2. The summed E-state index contributed by atoms with van der Waals surface area (Å²) in [5, 5.41) is 2.75. The molecular weight excluding hydrogens is 294 g/mol. The molecule has 3 rings (SSSR count). The first kappa shape index (κ1) is 15.3. The van der Waals surface area contributed by atoms with E-state index in [4.69, 9.17) is 0 Å². The second kappa shape index (κ2) is 7.13. The van der Waals surface area contributed by atoms with Gasteiger partial charge in [0.1, 0.15) is 11.5 Å². The van der Waals surface area contributed by atoms with E-state index in [1.165, 1.54) is 31.9 Å². The second-order valence-corrected chi connectivity index (χ2v) is 5.77. The number of pyridine rings is 1. The van der Waals surface area contributed by atoms with Gasteiger partial charge in [-0.05, 0) is 24.5 Å². The Bertz CT molecular complexity index is 696. The number of carbonyl (C=O) groups is 1. The molecule has 7 nitrogen and oxygen atoms in total. The van der Waals surface area contributed by atoms with E-state index in [2.05, 4.69) is 25.2 Å². The topological polar surface area (TPSA) is 93.9 Å². The van der Waals surface area contributed by atoms with Crippen molar-refractivity contribution in [3.05, 3.63) is 46.3 Å². The molecule has 1 aliphatic rings. The van der Waals surface area contributed by atoms with Gasteiger partial charge in [-0.2, -0.15) is 0 Å². The van der Waals surface area contributed by atoms with Crippen LogP contribution in [0.1, 0.15) is 41.7 Å².